The number of aromatic amines is 1. The summed E-state index contributed by atoms with van der Waals surface area (Å²) in [6.07, 6.45) is 6.42. The molecule has 1 fully saturated rings. The standard InChI is InChI=1S/C19H25N3O2/c1-13-6-4-7-14(12-13)20-18(23)11-5-10-17-21-16-9-3-2-8-15(16)19(24)22-17/h2-3,8-9,13-14H,4-7,10-12H2,1H3,(H,20,23)(H,21,22,24). The van der Waals surface area contributed by atoms with Gasteiger partial charge in [0, 0.05) is 18.9 Å². The zero-order valence-corrected chi connectivity index (χ0v) is 14.2. The van der Waals surface area contributed by atoms with Crippen LogP contribution in [0.1, 0.15) is 51.3 Å². The van der Waals surface area contributed by atoms with Gasteiger partial charge in [-0.3, -0.25) is 9.59 Å². The first-order valence-corrected chi connectivity index (χ1v) is 8.89. The van der Waals surface area contributed by atoms with Crippen molar-refractivity contribution in [3.8, 4) is 0 Å². The van der Waals surface area contributed by atoms with Gasteiger partial charge in [-0.05, 0) is 37.3 Å². The van der Waals surface area contributed by atoms with Crippen molar-refractivity contribution in [3.05, 3.63) is 40.4 Å². The van der Waals surface area contributed by atoms with Crippen LogP contribution in [0, 0.1) is 5.92 Å². The van der Waals surface area contributed by atoms with Crippen LogP contribution in [0.2, 0.25) is 0 Å². The fourth-order valence-corrected chi connectivity index (χ4v) is 3.53. The Balaban J connectivity index is 1.51. The number of aryl methyl sites for hydroxylation is 1. The van der Waals surface area contributed by atoms with Crippen LogP contribution in [-0.2, 0) is 11.2 Å². The molecule has 0 bridgehead atoms. The molecule has 0 aliphatic heterocycles. The van der Waals surface area contributed by atoms with Gasteiger partial charge in [0.05, 0.1) is 10.9 Å². The zero-order chi connectivity index (χ0) is 16.9. The van der Waals surface area contributed by atoms with Crippen molar-refractivity contribution >= 4 is 16.8 Å². The molecule has 5 heteroatoms. The van der Waals surface area contributed by atoms with Crippen LogP contribution in [-0.4, -0.2) is 21.9 Å². The highest BCUT2D eigenvalue weighted by atomic mass is 16.1. The van der Waals surface area contributed by atoms with E-state index in [1.807, 2.05) is 18.2 Å². The molecule has 1 amide bonds. The maximum atomic E-state index is 12.1. The Hall–Kier alpha value is -2.17. The Morgan fingerprint density at radius 1 is 1.33 bits per heavy atom. The molecule has 0 radical (unpaired) electrons. The highest BCUT2D eigenvalue weighted by Gasteiger charge is 2.20. The van der Waals surface area contributed by atoms with E-state index in [-0.39, 0.29) is 11.5 Å². The second-order valence-electron chi connectivity index (χ2n) is 6.92. The number of carbonyl (C=O) groups is 1. The van der Waals surface area contributed by atoms with Gasteiger partial charge < -0.3 is 10.3 Å². The summed E-state index contributed by atoms with van der Waals surface area (Å²) < 4.78 is 0. The summed E-state index contributed by atoms with van der Waals surface area (Å²) >= 11 is 0. The minimum Gasteiger partial charge on any atom is -0.353 e. The molecule has 2 atom stereocenters. The predicted octanol–water partition coefficient (Wildman–Crippen LogP) is 2.94. The van der Waals surface area contributed by atoms with Gasteiger partial charge in [-0.1, -0.05) is 31.9 Å². The third kappa shape index (κ3) is 4.22. The molecule has 1 saturated carbocycles. The van der Waals surface area contributed by atoms with E-state index in [0.29, 0.717) is 47.9 Å². The molecule has 3 rings (SSSR count). The van der Waals surface area contributed by atoms with Crippen molar-refractivity contribution in [2.24, 2.45) is 5.92 Å². The quantitative estimate of drug-likeness (QED) is 0.886. The number of aromatic nitrogens is 2. The lowest BCUT2D eigenvalue weighted by molar-refractivity contribution is -0.122. The van der Waals surface area contributed by atoms with Crippen molar-refractivity contribution in [2.45, 2.75) is 57.9 Å². The van der Waals surface area contributed by atoms with Gasteiger partial charge in [0.2, 0.25) is 5.91 Å². The van der Waals surface area contributed by atoms with E-state index in [0.717, 1.165) is 12.8 Å². The van der Waals surface area contributed by atoms with E-state index in [4.69, 9.17) is 0 Å². The number of hydrogen-bond donors (Lipinski definition) is 2. The zero-order valence-electron chi connectivity index (χ0n) is 14.2. The van der Waals surface area contributed by atoms with Gasteiger partial charge in [-0.15, -0.1) is 0 Å². The van der Waals surface area contributed by atoms with Crippen molar-refractivity contribution in [2.75, 3.05) is 0 Å². The third-order valence-electron chi connectivity index (χ3n) is 4.78. The molecule has 2 aromatic rings. The lowest BCUT2D eigenvalue weighted by atomic mass is 9.87. The second-order valence-corrected chi connectivity index (χ2v) is 6.92. The maximum Gasteiger partial charge on any atom is 0.258 e. The highest BCUT2D eigenvalue weighted by Crippen LogP contribution is 2.23. The summed E-state index contributed by atoms with van der Waals surface area (Å²) in [6.45, 7) is 2.25. The molecule has 2 unspecified atom stereocenters. The lowest BCUT2D eigenvalue weighted by Crippen LogP contribution is -2.37. The molecular formula is C19H25N3O2. The average molecular weight is 327 g/mol. The lowest BCUT2D eigenvalue weighted by Gasteiger charge is -2.27. The summed E-state index contributed by atoms with van der Waals surface area (Å²) in [5.74, 6) is 1.46. The third-order valence-corrected chi connectivity index (χ3v) is 4.78. The van der Waals surface area contributed by atoms with Crippen LogP contribution < -0.4 is 10.9 Å². The van der Waals surface area contributed by atoms with Crippen molar-refractivity contribution in [1.29, 1.82) is 0 Å². The number of benzene rings is 1. The number of H-pyrrole nitrogens is 1. The molecular weight excluding hydrogens is 302 g/mol. The van der Waals surface area contributed by atoms with E-state index in [2.05, 4.69) is 22.2 Å². The molecule has 1 heterocycles. The topological polar surface area (TPSA) is 74.8 Å². The molecule has 1 aliphatic carbocycles. The second kappa shape index (κ2) is 7.60. The highest BCUT2D eigenvalue weighted by molar-refractivity contribution is 5.77. The predicted molar refractivity (Wildman–Crippen MR) is 94.9 cm³/mol. The van der Waals surface area contributed by atoms with Crippen LogP contribution in [0.3, 0.4) is 0 Å². The van der Waals surface area contributed by atoms with Crippen LogP contribution in [0.15, 0.2) is 29.1 Å². The monoisotopic (exact) mass is 327 g/mol. The first kappa shape index (κ1) is 16.7. The maximum absolute atomic E-state index is 12.1. The molecule has 1 aromatic carbocycles. The van der Waals surface area contributed by atoms with Crippen LogP contribution >= 0.6 is 0 Å². The van der Waals surface area contributed by atoms with Gasteiger partial charge in [0.15, 0.2) is 0 Å². The van der Waals surface area contributed by atoms with Crippen molar-refractivity contribution < 1.29 is 4.79 Å². The van der Waals surface area contributed by atoms with E-state index in [9.17, 15) is 9.59 Å². The van der Waals surface area contributed by atoms with Gasteiger partial charge in [0.25, 0.3) is 5.56 Å². The molecule has 0 spiro atoms. The number of carbonyl (C=O) groups excluding carboxylic acids is 1. The Morgan fingerprint density at radius 2 is 2.17 bits per heavy atom. The Bertz CT molecular complexity index is 769. The Labute approximate surface area is 141 Å². The molecule has 128 valence electrons. The molecule has 1 aromatic heterocycles. The van der Waals surface area contributed by atoms with Crippen LogP contribution in [0.5, 0.6) is 0 Å². The fourth-order valence-electron chi connectivity index (χ4n) is 3.53. The van der Waals surface area contributed by atoms with Crippen molar-refractivity contribution in [3.63, 3.8) is 0 Å². The molecule has 24 heavy (non-hydrogen) atoms. The van der Waals surface area contributed by atoms with Gasteiger partial charge >= 0.3 is 0 Å². The summed E-state index contributed by atoms with van der Waals surface area (Å²) in [7, 11) is 0. The normalized spacial score (nSPS) is 20.9. The van der Waals surface area contributed by atoms with Gasteiger partial charge in [0.1, 0.15) is 5.82 Å². The molecule has 2 N–H and O–H groups in total. The summed E-state index contributed by atoms with van der Waals surface area (Å²) in [5, 5.41) is 3.75. The summed E-state index contributed by atoms with van der Waals surface area (Å²) in [5.41, 5.74) is 0.591. The Morgan fingerprint density at radius 3 is 3.00 bits per heavy atom. The molecule has 0 saturated heterocycles. The number of rotatable bonds is 5. The first-order chi connectivity index (χ1) is 11.6. The number of hydrogen-bond acceptors (Lipinski definition) is 3. The number of amides is 1. The van der Waals surface area contributed by atoms with Gasteiger partial charge in [-0.2, -0.15) is 0 Å². The number of nitrogens with zero attached hydrogens (tertiary/aromatic N) is 1. The van der Waals surface area contributed by atoms with Crippen molar-refractivity contribution in [1.82, 2.24) is 15.3 Å². The van der Waals surface area contributed by atoms with Crippen LogP contribution in [0.25, 0.3) is 10.9 Å². The van der Waals surface area contributed by atoms with E-state index >= 15 is 0 Å². The largest absolute Gasteiger partial charge is 0.353 e. The minimum atomic E-state index is -0.115. The Kier molecular flexibility index (Phi) is 5.28. The van der Waals surface area contributed by atoms with E-state index in [1.54, 1.807) is 6.07 Å². The molecule has 1 aliphatic rings. The SMILES string of the molecule is CC1CCCC(NC(=O)CCCc2nc3ccccc3c(=O)[nH]2)C1. The fraction of sp³-hybridized carbons (Fsp3) is 0.526. The summed E-state index contributed by atoms with van der Waals surface area (Å²) in [4.78, 5) is 31.4. The van der Waals surface area contributed by atoms with E-state index in [1.165, 1.54) is 12.8 Å². The summed E-state index contributed by atoms with van der Waals surface area (Å²) in [6, 6.07) is 7.64. The van der Waals surface area contributed by atoms with E-state index < -0.39 is 0 Å². The smallest absolute Gasteiger partial charge is 0.258 e. The number of fused-ring (bicyclic) bond motifs is 1. The number of para-hydroxylation sites is 1. The van der Waals surface area contributed by atoms with Crippen LogP contribution in [0.4, 0.5) is 0 Å². The molecule has 5 nitrogen and oxygen atoms in total. The number of nitrogens with one attached hydrogen (secondary N) is 2. The average Bonchev–Trinajstić information content (AvgIpc) is 2.55. The minimum absolute atomic E-state index is 0.109. The first-order valence-electron chi connectivity index (χ1n) is 8.89. The van der Waals surface area contributed by atoms with Gasteiger partial charge in [-0.25, -0.2) is 4.98 Å².